The van der Waals surface area contributed by atoms with Crippen molar-refractivity contribution in [3.63, 3.8) is 0 Å². The highest BCUT2D eigenvalue weighted by Gasteiger charge is 2.19. The second-order valence-electron chi connectivity index (χ2n) is 7.48. The fourth-order valence-corrected chi connectivity index (χ4v) is 2.67. The molecule has 4 heteroatoms. The van der Waals surface area contributed by atoms with E-state index in [0.717, 1.165) is 17.1 Å². The Hall–Kier alpha value is -2.49. The highest BCUT2D eigenvalue weighted by molar-refractivity contribution is 5.67. The van der Waals surface area contributed by atoms with Crippen LogP contribution in [0.25, 0.3) is 0 Å². The molecule has 2 aromatic rings. The molecule has 0 unspecified atom stereocenters. The maximum Gasteiger partial charge on any atom is 0.303 e. The molecule has 0 radical (unpaired) electrons. The number of carbonyl (C=O) groups is 1. The van der Waals surface area contributed by atoms with Crippen LogP contribution >= 0.6 is 0 Å². The lowest BCUT2D eigenvalue weighted by molar-refractivity contribution is -0.136. The molecular formula is C22H28O4. The average molecular weight is 356 g/mol. The Morgan fingerprint density at radius 3 is 2.27 bits per heavy atom. The van der Waals surface area contributed by atoms with Crippen molar-refractivity contribution in [2.45, 2.75) is 46.0 Å². The van der Waals surface area contributed by atoms with Crippen molar-refractivity contribution >= 4 is 5.97 Å². The van der Waals surface area contributed by atoms with E-state index in [0.29, 0.717) is 19.6 Å². The summed E-state index contributed by atoms with van der Waals surface area (Å²) < 4.78 is 11.7. The zero-order valence-corrected chi connectivity index (χ0v) is 16.0. The number of benzene rings is 2. The fourth-order valence-electron chi connectivity index (χ4n) is 2.67. The quantitative estimate of drug-likeness (QED) is 0.692. The van der Waals surface area contributed by atoms with E-state index in [2.05, 4.69) is 39.8 Å². The molecule has 2 aromatic carbocycles. The molecule has 0 aliphatic heterocycles. The number of aliphatic carboxylic acids is 1. The minimum Gasteiger partial charge on any atom is -0.490 e. The summed E-state index contributed by atoms with van der Waals surface area (Å²) in [6.45, 7) is 9.53. The average Bonchev–Trinajstić information content (AvgIpc) is 2.58. The van der Waals surface area contributed by atoms with Gasteiger partial charge in [0, 0.05) is 6.42 Å². The molecule has 0 heterocycles. The number of carboxylic acids is 1. The Morgan fingerprint density at radius 2 is 1.65 bits per heavy atom. The van der Waals surface area contributed by atoms with Gasteiger partial charge in [-0.25, -0.2) is 0 Å². The van der Waals surface area contributed by atoms with Crippen LogP contribution in [0.3, 0.4) is 0 Å². The summed E-state index contributed by atoms with van der Waals surface area (Å²) in [5.74, 6) is 0.872. The van der Waals surface area contributed by atoms with Gasteiger partial charge in [-0.2, -0.15) is 0 Å². The second kappa shape index (κ2) is 8.75. The van der Waals surface area contributed by atoms with Gasteiger partial charge < -0.3 is 14.6 Å². The minimum absolute atomic E-state index is 0.0218. The summed E-state index contributed by atoms with van der Waals surface area (Å²) in [5.41, 5.74) is 3.43. The Morgan fingerprint density at radius 1 is 1.00 bits per heavy atom. The lowest BCUT2D eigenvalue weighted by atomic mass is 9.85. The molecule has 2 rings (SSSR count). The molecule has 1 N–H and O–H groups in total. The molecule has 0 saturated heterocycles. The van der Waals surface area contributed by atoms with Crippen molar-refractivity contribution in [2.24, 2.45) is 0 Å². The van der Waals surface area contributed by atoms with Crippen LogP contribution < -0.4 is 9.47 Å². The smallest absolute Gasteiger partial charge is 0.303 e. The van der Waals surface area contributed by atoms with Crippen LogP contribution in [0.15, 0.2) is 42.5 Å². The molecule has 0 aliphatic rings. The molecular weight excluding hydrogens is 328 g/mol. The molecule has 26 heavy (non-hydrogen) atoms. The minimum atomic E-state index is -0.784. The summed E-state index contributed by atoms with van der Waals surface area (Å²) in [4.78, 5) is 10.6. The summed E-state index contributed by atoms with van der Waals surface area (Å²) >= 11 is 0. The topological polar surface area (TPSA) is 55.8 Å². The number of ether oxygens (including phenoxy) is 2. The number of rotatable bonds is 8. The molecule has 0 aliphatic carbocycles. The summed E-state index contributed by atoms with van der Waals surface area (Å²) in [5, 5.41) is 8.71. The van der Waals surface area contributed by atoms with Gasteiger partial charge in [-0.3, -0.25) is 4.79 Å². The number of hydrogen-bond acceptors (Lipinski definition) is 3. The molecule has 140 valence electrons. The van der Waals surface area contributed by atoms with Gasteiger partial charge in [0.1, 0.15) is 24.7 Å². The SMILES string of the molecule is Cc1ccc(OCCOc2ccc(CCC(=O)O)cc2)c(C(C)(C)C)c1. The predicted octanol–water partition coefficient (Wildman–Crippen LogP) is 4.77. The third kappa shape index (κ3) is 6.10. The molecule has 0 amide bonds. The lowest BCUT2D eigenvalue weighted by Crippen LogP contribution is -2.16. The third-order valence-corrected chi connectivity index (χ3v) is 4.10. The Bertz CT molecular complexity index is 727. The van der Waals surface area contributed by atoms with Crippen molar-refractivity contribution < 1.29 is 19.4 Å². The van der Waals surface area contributed by atoms with Gasteiger partial charge in [0.25, 0.3) is 0 Å². The van der Waals surface area contributed by atoms with Gasteiger partial charge in [0.05, 0.1) is 0 Å². The van der Waals surface area contributed by atoms with Crippen molar-refractivity contribution in [1.82, 2.24) is 0 Å². The molecule has 4 nitrogen and oxygen atoms in total. The van der Waals surface area contributed by atoms with Crippen LogP contribution in [0.2, 0.25) is 0 Å². The maximum atomic E-state index is 10.6. The van der Waals surface area contributed by atoms with Crippen molar-refractivity contribution in [2.75, 3.05) is 13.2 Å². The lowest BCUT2D eigenvalue weighted by Gasteiger charge is -2.23. The van der Waals surface area contributed by atoms with Gasteiger partial charge in [0.15, 0.2) is 0 Å². The third-order valence-electron chi connectivity index (χ3n) is 4.10. The zero-order valence-electron chi connectivity index (χ0n) is 16.0. The molecule has 0 spiro atoms. The van der Waals surface area contributed by atoms with E-state index in [1.54, 1.807) is 0 Å². The Kier molecular flexibility index (Phi) is 6.67. The van der Waals surface area contributed by atoms with Crippen LogP contribution in [0.5, 0.6) is 11.5 Å². The fraction of sp³-hybridized carbons (Fsp3) is 0.409. The standard InChI is InChI=1S/C22H28O4/c1-16-5-11-20(19(15-16)22(2,3)4)26-14-13-25-18-9-6-17(7-10-18)8-12-21(23)24/h5-7,9-11,15H,8,12-14H2,1-4H3,(H,23,24). The first-order valence-corrected chi connectivity index (χ1v) is 8.93. The highest BCUT2D eigenvalue weighted by atomic mass is 16.5. The highest BCUT2D eigenvalue weighted by Crippen LogP contribution is 2.32. The van der Waals surface area contributed by atoms with Gasteiger partial charge in [0.2, 0.25) is 0 Å². The van der Waals surface area contributed by atoms with Crippen molar-refractivity contribution in [3.05, 3.63) is 59.2 Å². The van der Waals surface area contributed by atoms with Crippen molar-refractivity contribution in [1.29, 1.82) is 0 Å². The second-order valence-corrected chi connectivity index (χ2v) is 7.48. The van der Waals surface area contributed by atoms with E-state index in [9.17, 15) is 4.79 Å². The zero-order chi connectivity index (χ0) is 19.2. The van der Waals surface area contributed by atoms with Crippen LogP contribution in [0, 0.1) is 6.92 Å². The first-order chi connectivity index (χ1) is 12.3. The van der Waals surface area contributed by atoms with Crippen LogP contribution in [-0.2, 0) is 16.6 Å². The Balaban J connectivity index is 1.85. The maximum absolute atomic E-state index is 10.6. The van der Waals surface area contributed by atoms with Gasteiger partial charge in [-0.1, -0.05) is 50.6 Å². The van der Waals surface area contributed by atoms with E-state index in [1.165, 1.54) is 11.1 Å². The first kappa shape index (κ1) is 19.8. The van der Waals surface area contributed by atoms with Crippen LogP contribution in [0.4, 0.5) is 0 Å². The monoisotopic (exact) mass is 356 g/mol. The van der Waals surface area contributed by atoms with Gasteiger partial charge in [-0.05, 0) is 48.1 Å². The number of hydrogen-bond donors (Lipinski definition) is 1. The van der Waals surface area contributed by atoms with E-state index in [1.807, 2.05) is 30.3 Å². The number of aryl methyl sites for hydroxylation is 2. The largest absolute Gasteiger partial charge is 0.490 e. The molecule has 0 bridgehead atoms. The van der Waals surface area contributed by atoms with Crippen LogP contribution in [0.1, 0.15) is 43.9 Å². The molecule has 0 atom stereocenters. The van der Waals surface area contributed by atoms with Crippen molar-refractivity contribution in [3.8, 4) is 11.5 Å². The molecule has 0 saturated carbocycles. The summed E-state index contributed by atoms with van der Waals surface area (Å²) in [7, 11) is 0. The van der Waals surface area contributed by atoms with E-state index < -0.39 is 5.97 Å². The van der Waals surface area contributed by atoms with Gasteiger partial charge >= 0.3 is 5.97 Å². The Labute approximate surface area is 155 Å². The number of carboxylic acid groups (broad SMARTS) is 1. The predicted molar refractivity (Wildman–Crippen MR) is 103 cm³/mol. The normalized spacial score (nSPS) is 11.2. The van der Waals surface area contributed by atoms with E-state index in [4.69, 9.17) is 14.6 Å². The molecule has 0 fully saturated rings. The van der Waals surface area contributed by atoms with E-state index >= 15 is 0 Å². The summed E-state index contributed by atoms with van der Waals surface area (Å²) in [6, 6.07) is 13.8. The molecule has 0 aromatic heterocycles. The van der Waals surface area contributed by atoms with Gasteiger partial charge in [-0.15, -0.1) is 0 Å². The van der Waals surface area contributed by atoms with Crippen LogP contribution in [-0.4, -0.2) is 24.3 Å². The first-order valence-electron chi connectivity index (χ1n) is 8.93. The van der Waals surface area contributed by atoms with E-state index in [-0.39, 0.29) is 11.8 Å². The summed E-state index contributed by atoms with van der Waals surface area (Å²) in [6.07, 6.45) is 0.669.